The van der Waals surface area contributed by atoms with E-state index in [4.69, 9.17) is 21.4 Å². The smallest absolute Gasteiger partial charge is 0.118 e. The van der Waals surface area contributed by atoms with Gasteiger partial charge in [-0.3, -0.25) is 0 Å². The highest BCUT2D eigenvalue weighted by Gasteiger charge is 2.17. The number of halogens is 2. The van der Waals surface area contributed by atoms with Crippen LogP contribution < -0.4 is 4.74 Å². The zero-order chi connectivity index (χ0) is 15.5. The fourth-order valence-corrected chi connectivity index (χ4v) is 3.30. The molecule has 3 aromatic rings. The SMILES string of the molecule is COc1ccc(-c2nn(-c3ccccc3)c(Br)c2CCl)cc1. The predicted octanol–water partition coefficient (Wildman–Crippen LogP) is 5.05. The lowest BCUT2D eigenvalue weighted by molar-refractivity contribution is 0.415. The highest BCUT2D eigenvalue weighted by Crippen LogP contribution is 2.32. The topological polar surface area (TPSA) is 27.1 Å². The second-order valence-corrected chi connectivity index (χ2v) is 5.75. The van der Waals surface area contributed by atoms with E-state index in [0.717, 1.165) is 32.9 Å². The fraction of sp³-hybridized carbons (Fsp3) is 0.118. The van der Waals surface area contributed by atoms with Gasteiger partial charge in [0.2, 0.25) is 0 Å². The maximum absolute atomic E-state index is 6.14. The largest absolute Gasteiger partial charge is 0.497 e. The van der Waals surface area contributed by atoms with Crippen LogP contribution in [0, 0.1) is 0 Å². The van der Waals surface area contributed by atoms with Crippen LogP contribution in [0.5, 0.6) is 5.75 Å². The van der Waals surface area contributed by atoms with Gasteiger partial charge in [-0.05, 0) is 52.3 Å². The van der Waals surface area contributed by atoms with E-state index in [-0.39, 0.29) is 0 Å². The van der Waals surface area contributed by atoms with Crippen molar-refractivity contribution < 1.29 is 4.74 Å². The van der Waals surface area contributed by atoms with Crippen molar-refractivity contribution in [3.8, 4) is 22.7 Å². The zero-order valence-corrected chi connectivity index (χ0v) is 14.3. The lowest BCUT2D eigenvalue weighted by Crippen LogP contribution is -1.96. The van der Waals surface area contributed by atoms with Gasteiger partial charge in [0.25, 0.3) is 0 Å². The van der Waals surface area contributed by atoms with Crippen molar-refractivity contribution in [1.29, 1.82) is 0 Å². The molecular formula is C17H14BrClN2O. The summed E-state index contributed by atoms with van der Waals surface area (Å²) >= 11 is 9.75. The van der Waals surface area contributed by atoms with Gasteiger partial charge < -0.3 is 4.74 Å². The Balaban J connectivity index is 2.11. The van der Waals surface area contributed by atoms with Crippen molar-refractivity contribution in [3.05, 3.63) is 64.8 Å². The summed E-state index contributed by atoms with van der Waals surface area (Å²) < 4.78 is 7.93. The summed E-state index contributed by atoms with van der Waals surface area (Å²) in [6, 6.07) is 17.8. The van der Waals surface area contributed by atoms with Crippen LogP contribution in [0.2, 0.25) is 0 Å². The average molecular weight is 378 g/mol. The van der Waals surface area contributed by atoms with E-state index in [1.807, 2.05) is 59.3 Å². The second kappa shape index (κ2) is 6.55. The molecule has 0 aliphatic carbocycles. The van der Waals surface area contributed by atoms with Crippen LogP contribution in [-0.2, 0) is 5.88 Å². The molecule has 0 radical (unpaired) electrons. The predicted molar refractivity (Wildman–Crippen MR) is 92.8 cm³/mol. The highest BCUT2D eigenvalue weighted by molar-refractivity contribution is 9.10. The Labute approximate surface area is 142 Å². The molecule has 22 heavy (non-hydrogen) atoms. The molecule has 0 N–H and O–H groups in total. The maximum Gasteiger partial charge on any atom is 0.118 e. The van der Waals surface area contributed by atoms with Crippen LogP contribution in [0.4, 0.5) is 0 Å². The van der Waals surface area contributed by atoms with Gasteiger partial charge in [-0.25, -0.2) is 4.68 Å². The van der Waals surface area contributed by atoms with Crippen molar-refractivity contribution in [2.24, 2.45) is 0 Å². The second-order valence-electron chi connectivity index (χ2n) is 4.73. The van der Waals surface area contributed by atoms with E-state index >= 15 is 0 Å². The van der Waals surface area contributed by atoms with Crippen molar-refractivity contribution >= 4 is 27.5 Å². The van der Waals surface area contributed by atoms with Gasteiger partial charge in [-0.15, -0.1) is 11.6 Å². The van der Waals surface area contributed by atoms with Gasteiger partial charge in [0.05, 0.1) is 24.4 Å². The van der Waals surface area contributed by atoms with Crippen LogP contribution in [-0.4, -0.2) is 16.9 Å². The lowest BCUT2D eigenvalue weighted by atomic mass is 10.1. The third-order valence-electron chi connectivity index (χ3n) is 3.42. The number of para-hydroxylation sites is 1. The Kier molecular flexibility index (Phi) is 4.50. The van der Waals surface area contributed by atoms with Gasteiger partial charge in [0, 0.05) is 11.1 Å². The maximum atomic E-state index is 6.14. The first kappa shape index (κ1) is 15.1. The van der Waals surface area contributed by atoms with Crippen LogP contribution in [0.1, 0.15) is 5.56 Å². The Hall–Kier alpha value is -1.78. The molecule has 112 valence electrons. The minimum absolute atomic E-state index is 0.384. The molecule has 1 aromatic heterocycles. The van der Waals surface area contributed by atoms with Gasteiger partial charge in [0.1, 0.15) is 10.4 Å². The Morgan fingerprint density at radius 3 is 2.36 bits per heavy atom. The monoisotopic (exact) mass is 376 g/mol. The number of hydrogen-bond donors (Lipinski definition) is 0. The quantitative estimate of drug-likeness (QED) is 0.595. The van der Waals surface area contributed by atoms with Crippen LogP contribution in [0.3, 0.4) is 0 Å². The van der Waals surface area contributed by atoms with Gasteiger partial charge in [-0.2, -0.15) is 5.10 Å². The molecule has 0 unspecified atom stereocenters. The average Bonchev–Trinajstić information content (AvgIpc) is 2.92. The molecule has 1 heterocycles. The zero-order valence-electron chi connectivity index (χ0n) is 12.0. The summed E-state index contributed by atoms with van der Waals surface area (Å²) in [5.41, 5.74) is 3.83. The summed E-state index contributed by atoms with van der Waals surface area (Å²) in [6.45, 7) is 0. The number of ether oxygens (including phenoxy) is 1. The minimum atomic E-state index is 0.384. The number of alkyl halides is 1. The van der Waals surface area contributed by atoms with E-state index in [1.165, 1.54) is 0 Å². The molecule has 0 atom stereocenters. The van der Waals surface area contributed by atoms with Crippen molar-refractivity contribution in [2.45, 2.75) is 5.88 Å². The fourth-order valence-electron chi connectivity index (χ4n) is 2.27. The molecule has 0 aliphatic rings. The molecule has 0 bridgehead atoms. The van der Waals surface area contributed by atoms with Crippen molar-refractivity contribution in [3.63, 3.8) is 0 Å². The van der Waals surface area contributed by atoms with Gasteiger partial charge in [0.15, 0.2) is 0 Å². The third-order valence-corrected chi connectivity index (χ3v) is 4.50. The Morgan fingerprint density at radius 2 is 1.77 bits per heavy atom. The molecule has 2 aromatic carbocycles. The van der Waals surface area contributed by atoms with E-state index in [1.54, 1.807) is 7.11 Å². The van der Waals surface area contributed by atoms with E-state index in [0.29, 0.717) is 5.88 Å². The number of rotatable bonds is 4. The molecule has 0 amide bonds. The Morgan fingerprint density at radius 1 is 1.09 bits per heavy atom. The molecule has 3 nitrogen and oxygen atoms in total. The molecule has 3 rings (SSSR count). The highest BCUT2D eigenvalue weighted by atomic mass is 79.9. The number of nitrogens with zero attached hydrogens (tertiary/aromatic N) is 2. The van der Waals surface area contributed by atoms with Crippen molar-refractivity contribution in [2.75, 3.05) is 7.11 Å². The number of methoxy groups -OCH3 is 1. The minimum Gasteiger partial charge on any atom is -0.497 e. The van der Waals surface area contributed by atoms with Crippen LogP contribution >= 0.6 is 27.5 Å². The summed E-state index contributed by atoms with van der Waals surface area (Å²) in [6.07, 6.45) is 0. The number of aromatic nitrogens is 2. The molecule has 0 aliphatic heterocycles. The standard InChI is InChI=1S/C17H14BrClN2O/c1-22-14-9-7-12(8-10-14)16-15(11-19)17(18)21(20-16)13-5-3-2-4-6-13/h2-10H,11H2,1H3. The molecule has 0 saturated carbocycles. The van der Waals surface area contributed by atoms with Gasteiger partial charge >= 0.3 is 0 Å². The number of benzene rings is 2. The third kappa shape index (κ3) is 2.76. The summed E-state index contributed by atoms with van der Waals surface area (Å²) in [4.78, 5) is 0. The summed E-state index contributed by atoms with van der Waals surface area (Å²) in [5.74, 6) is 1.20. The van der Waals surface area contributed by atoms with E-state index in [2.05, 4.69) is 15.9 Å². The molecule has 0 spiro atoms. The van der Waals surface area contributed by atoms with Crippen molar-refractivity contribution in [1.82, 2.24) is 9.78 Å². The summed E-state index contributed by atoms with van der Waals surface area (Å²) in [5, 5.41) is 4.72. The Bertz CT molecular complexity index is 769. The molecule has 5 heteroatoms. The first-order chi connectivity index (χ1) is 10.7. The molecule has 0 saturated heterocycles. The molecule has 0 fully saturated rings. The lowest BCUT2D eigenvalue weighted by Gasteiger charge is -2.02. The molecular weight excluding hydrogens is 364 g/mol. The van der Waals surface area contributed by atoms with E-state index in [9.17, 15) is 0 Å². The first-order valence-corrected chi connectivity index (χ1v) is 8.10. The van der Waals surface area contributed by atoms with Crippen LogP contribution in [0.15, 0.2) is 59.2 Å². The van der Waals surface area contributed by atoms with Crippen LogP contribution in [0.25, 0.3) is 16.9 Å². The summed E-state index contributed by atoms with van der Waals surface area (Å²) in [7, 11) is 1.65. The van der Waals surface area contributed by atoms with Gasteiger partial charge in [-0.1, -0.05) is 18.2 Å². The normalized spacial score (nSPS) is 10.7. The van der Waals surface area contributed by atoms with E-state index < -0.39 is 0 Å². The first-order valence-electron chi connectivity index (χ1n) is 6.78. The number of hydrogen-bond acceptors (Lipinski definition) is 2.